The predicted molar refractivity (Wildman–Crippen MR) is 124 cm³/mol. The second-order valence-electron chi connectivity index (χ2n) is 8.93. The number of methoxy groups -OCH3 is 1. The lowest BCUT2D eigenvalue weighted by Crippen LogP contribution is -2.50. The van der Waals surface area contributed by atoms with Crippen LogP contribution in [-0.2, 0) is 14.3 Å². The van der Waals surface area contributed by atoms with Gasteiger partial charge in [-0.15, -0.1) is 0 Å². The maximum Gasteiger partial charge on any atom is 0.409 e. The van der Waals surface area contributed by atoms with Crippen molar-refractivity contribution in [3.05, 3.63) is 30.3 Å². The van der Waals surface area contributed by atoms with E-state index in [2.05, 4.69) is 17.0 Å². The number of piperazine rings is 1. The van der Waals surface area contributed by atoms with E-state index in [1.807, 2.05) is 23.1 Å². The van der Waals surface area contributed by atoms with Crippen LogP contribution < -0.4 is 10.4 Å². The number of para-hydroxylation sites is 1. The number of hydroxylamine groups is 1. The number of hydrogen-bond donors (Lipinski definition) is 2. The smallest absolute Gasteiger partial charge is 0.409 e. The van der Waals surface area contributed by atoms with Gasteiger partial charge >= 0.3 is 6.09 Å². The standard InChI is InChI=1S/C24H36N4O5/c1-33-24(31)28(21-10-6-3-7-11-21)18-19(16-22(29)25-32)17-23(30)27-14-12-26(13-15-27)20-8-4-2-5-9-20/h2,4-5,8-9,19,21,32H,3,6-7,10-18H2,1H3,(H,25,29). The molecule has 0 aromatic heterocycles. The van der Waals surface area contributed by atoms with Crippen molar-refractivity contribution in [2.24, 2.45) is 5.92 Å². The highest BCUT2D eigenvalue weighted by Crippen LogP contribution is 2.26. The third-order valence-corrected chi connectivity index (χ3v) is 6.70. The van der Waals surface area contributed by atoms with Crippen LogP contribution in [0.2, 0.25) is 0 Å². The molecule has 1 aromatic rings. The first-order valence-corrected chi connectivity index (χ1v) is 11.9. The summed E-state index contributed by atoms with van der Waals surface area (Å²) in [4.78, 5) is 43.3. The van der Waals surface area contributed by atoms with E-state index in [4.69, 9.17) is 9.94 Å². The summed E-state index contributed by atoms with van der Waals surface area (Å²) in [5.41, 5.74) is 2.80. The Balaban J connectivity index is 1.62. The minimum absolute atomic E-state index is 0.0353. The number of carbonyl (C=O) groups is 3. The van der Waals surface area contributed by atoms with Gasteiger partial charge in [0.05, 0.1) is 7.11 Å². The van der Waals surface area contributed by atoms with Gasteiger partial charge in [0, 0.05) is 57.3 Å². The average molecular weight is 461 g/mol. The predicted octanol–water partition coefficient (Wildman–Crippen LogP) is 2.64. The monoisotopic (exact) mass is 460 g/mol. The molecule has 0 radical (unpaired) electrons. The Morgan fingerprint density at radius 3 is 2.33 bits per heavy atom. The molecule has 1 saturated heterocycles. The Hall–Kier alpha value is -2.81. The molecule has 33 heavy (non-hydrogen) atoms. The van der Waals surface area contributed by atoms with Crippen molar-refractivity contribution in [2.45, 2.75) is 51.0 Å². The number of amides is 3. The normalized spacial score (nSPS) is 17.9. The fourth-order valence-electron chi connectivity index (χ4n) is 4.90. The Kier molecular flexibility index (Phi) is 9.35. The number of benzene rings is 1. The van der Waals surface area contributed by atoms with Crippen LogP contribution in [0.25, 0.3) is 0 Å². The van der Waals surface area contributed by atoms with Gasteiger partial charge in [0.1, 0.15) is 0 Å². The lowest BCUT2D eigenvalue weighted by molar-refractivity contribution is -0.134. The molecule has 2 aliphatic rings. The molecule has 1 heterocycles. The van der Waals surface area contributed by atoms with Crippen LogP contribution in [0.1, 0.15) is 44.9 Å². The van der Waals surface area contributed by atoms with Gasteiger partial charge < -0.3 is 19.4 Å². The van der Waals surface area contributed by atoms with Gasteiger partial charge in [0.2, 0.25) is 11.8 Å². The first-order valence-electron chi connectivity index (χ1n) is 11.9. The van der Waals surface area contributed by atoms with Crippen molar-refractivity contribution in [1.82, 2.24) is 15.3 Å². The van der Waals surface area contributed by atoms with Crippen LogP contribution in [0.4, 0.5) is 10.5 Å². The zero-order chi connectivity index (χ0) is 23.6. The van der Waals surface area contributed by atoms with Crippen LogP contribution in [0.5, 0.6) is 0 Å². The van der Waals surface area contributed by atoms with Crippen LogP contribution in [0.3, 0.4) is 0 Å². The van der Waals surface area contributed by atoms with Crippen LogP contribution in [0.15, 0.2) is 30.3 Å². The second kappa shape index (κ2) is 12.4. The molecular formula is C24H36N4O5. The summed E-state index contributed by atoms with van der Waals surface area (Å²) in [6.07, 6.45) is 4.70. The van der Waals surface area contributed by atoms with Crippen molar-refractivity contribution < 1.29 is 24.3 Å². The topological polar surface area (TPSA) is 102 Å². The molecule has 9 nitrogen and oxygen atoms in total. The number of hydrogen-bond acceptors (Lipinski definition) is 6. The molecule has 1 aromatic carbocycles. The van der Waals surface area contributed by atoms with Crippen molar-refractivity contribution >= 4 is 23.6 Å². The lowest BCUT2D eigenvalue weighted by atomic mass is 9.92. The van der Waals surface area contributed by atoms with E-state index < -0.39 is 17.9 Å². The highest BCUT2D eigenvalue weighted by atomic mass is 16.5. The van der Waals surface area contributed by atoms with E-state index in [0.717, 1.165) is 50.9 Å². The Morgan fingerprint density at radius 1 is 1.06 bits per heavy atom. The minimum atomic E-state index is -0.560. The molecule has 1 unspecified atom stereocenters. The van der Waals surface area contributed by atoms with Gasteiger partial charge in [-0.05, 0) is 30.9 Å². The Morgan fingerprint density at radius 2 is 1.73 bits per heavy atom. The van der Waals surface area contributed by atoms with E-state index in [9.17, 15) is 14.4 Å². The zero-order valence-electron chi connectivity index (χ0n) is 19.4. The summed E-state index contributed by atoms with van der Waals surface area (Å²) < 4.78 is 5.01. The molecule has 3 amide bonds. The Labute approximate surface area is 195 Å². The number of nitrogens with zero attached hydrogens (tertiary/aromatic N) is 3. The third-order valence-electron chi connectivity index (χ3n) is 6.70. The van der Waals surface area contributed by atoms with Gasteiger partial charge in [0.25, 0.3) is 0 Å². The second-order valence-corrected chi connectivity index (χ2v) is 8.93. The van der Waals surface area contributed by atoms with Gasteiger partial charge in [-0.1, -0.05) is 37.5 Å². The molecule has 3 rings (SSSR count). The van der Waals surface area contributed by atoms with Gasteiger partial charge in [0.15, 0.2) is 0 Å². The molecule has 1 atom stereocenters. The summed E-state index contributed by atoms with van der Waals surface area (Å²) in [7, 11) is 1.35. The molecule has 0 spiro atoms. The zero-order valence-corrected chi connectivity index (χ0v) is 19.4. The molecular weight excluding hydrogens is 424 g/mol. The Bertz CT molecular complexity index is 776. The van der Waals surface area contributed by atoms with Crippen LogP contribution in [-0.4, -0.2) is 78.8 Å². The van der Waals surface area contributed by atoms with E-state index in [1.54, 1.807) is 10.4 Å². The highest BCUT2D eigenvalue weighted by Gasteiger charge is 2.31. The summed E-state index contributed by atoms with van der Waals surface area (Å²) >= 11 is 0. The van der Waals surface area contributed by atoms with E-state index >= 15 is 0 Å². The summed E-state index contributed by atoms with van der Waals surface area (Å²) in [6.45, 7) is 2.95. The quantitative estimate of drug-likeness (QED) is 0.457. The number of nitrogens with one attached hydrogen (secondary N) is 1. The van der Waals surface area contributed by atoms with Crippen molar-refractivity contribution in [3.8, 4) is 0 Å². The maximum absolute atomic E-state index is 13.1. The average Bonchev–Trinajstić information content (AvgIpc) is 2.87. The number of rotatable bonds is 8. The van der Waals surface area contributed by atoms with Crippen LogP contribution >= 0.6 is 0 Å². The SMILES string of the molecule is COC(=O)N(CC(CC(=O)NO)CC(=O)N1CCN(c2ccccc2)CC1)C1CCCCC1. The minimum Gasteiger partial charge on any atom is -0.453 e. The molecule has 2 N–H and O–H groups in total. The summed E-state index contributed by atoms with van der Waals surface area (Å²) in [5, 5.41) is 9.04. The van der Waals surface area contributed by atoms with Gasteiger partial charge in [-0.2, -0.15) is 0 Å². The van der Waals surface area contributed by atoms with Crippen molar-refractivity contribution in [3.63, 3.8) is 0 Å². The van der Waals surface area contributed by atoms with Crippen LogP contribution in [0, 0.1) is 5.92 Å². The summed E-state index contributed by atoms with van der Waals surface area (Å²) in [5.74, 6) is -1.00. The van der Waals surface area contributed by atoms with E-state index in [1.165, 1.54) is 7.11 Å². The van der Waals surface area contributed by atoms with E-state index in [0.29, 0.717) is 13.1 Å². The molecule has 9 heteroatoms. The van der Waals surface area contributed by atoms with Gasteiger partial charge in [-0.25, -0.2) is 10.3 Å². The van der Waals surface area contributed by atoms with E-state index in [-0.39, 0.29) is 31.3 Å². The largest absolute Gasteiger partial charge is 0.453 e. The molecule has 1 saturated carbocycles. The number of anilines is 1. The number of carbonyl (C=O) groups excluding carboxylic acids is 3. The highest BCUT2D eigenvalue weighted by molar-refractivity contribution is 5.79. The number of ether oxygens (including phenoxy) is 1. The summed E-state index contributed by atoms with van der Waals surface area (Å²) in [6, 6.07) is 10.2. The molecule has 0 bridgehead atoms. The first-order chi connectivity index (χ1) is 16.0. The molecule has 182 valence electrons. The van der Waals surface area contributed by atoms with Gasteiger partial charge in [-0.3, -0.25) is 14.8 Å². The molecule has 1 aliphatic carbocycles. The third kappa shape index (κ3) is 7.08. The maximum atomic E-state index is 13.1. The fraction of sp³-hybridized carbons (Fsp3) is 0.625. The first kappa shape index (κ1) is 24.8. The fourth-order valence-corrected chi connectivity index (χ4v) is 4.90. The van der Waals surface area contributed by atoms with Crippen molar-refractivity contribution in [1.29, 1.82) is 0 Å². The molecule has 1 aliphatic heterocycles. The van der Waals surface area contributed by atoms with Crippen molar-refractivity contribution in [2.75, 3.05) is 44.7 Å². The lowest BCUT2D eigenvalue weighted by Gasteiger charge is -2.38. The molecule has 2 fully saturated rings.